The van der Waals surface area contributed by atoms with Gasteiger partial charge in [0.05, 0.1) is 25.7 Å². The van der Waals surface area contributed by atoms with Gasteiger partial charge in [-0.15, -0.1) is 0 Å². The number of primary amides is 1. The summed E-state index contributed by atoms with van der Waals surface area (Å²) >= 11 is 0. The molecule has 0 aliphatic carbocycles. The molecule has 0 bridgehead atoms. The van der Waals surface area contributed by atoms with Gasteiger partial charge in [-0.25, -0.2) is 4.79 Å². The van der Waals surface area contributed by atoms with Gasteiger partial charge in [-0.2, -0.15) is 0 Å². The first-order valence-corrected chi connectivity index (χ1v) is 19.0. The molecule has 0 spiro atoms. The van der Waals surface area contributed by atoms with Crippen molar-refractivity contribution in [3.8, 4) is 0 Å². The van der Waals surface area contributed by atoms with Gasteiger partial charge in [0.15, 0.2) is 0 Å². The molecule has 16 heteroatoms. The number of fused-ring (bicyclic) bond motifs is 2. The number of aromatic amines is 2. The number of nitrogens with one attached hydrogen (secondary N) is 4. The SMILES string of the molecule is CN1C=C(CN(CC(=O)N(CCc2c[nH]c3ccccc23)CC(=O)NCC(=O)N(CC=O)CCc2c[nH]c3ccccc23)C(=O)C(N)CCCNC(N)=O)C=CC1. The number of rotatable bonds is 21. The molecule has 2 aromatic heterocycles. The van der Waals surface area contributed by atoms with Gasteiger partial charge in [0, 0.05) is 80.2 Å². The van der Waals surface area contributed by atoms with E-state index in [0.717, 1.165) is 38.5 Å². The zero-order chi connectivity index (χ0) is 40.7. The van der Waals surface area contributed by atoms with Crippen molar-refractivity contribution in [1.82, 2.24) is 40.2 Å². The number of aldehydes is 1. The minimum Gasteiger partial charge on any atom is -0.376 e. The fraction of sp³-hybridized carbons (Fsp3) is 0.366. The van der Waals surface area contributed by atoms with Gasteiger partial charge >= 0.3 is 6.03 Å². The van der Waals surface area contributed by atoms with E-state index in [1.54, 1.807) is 0 Å². The second-order valence-electron chi connectivity index (χ2n) is 14.1. The highest BCUT2D eigenvalue weighted by atomic mass is 16.2. The third kappa shape index (κ3) is 12.0. The number of carbonyl (C=O) groups is 6. The van der Waals surface area contributed by atoms with Gasteiger partial charge < -0.3 is 56.5 Å². The van der Waals surface area contributed by atoms with Crippen molar-refractivity contribution >= 4 is 57.8 Å². The van der Waals surface area contributed by atoms with Crippen LogP contribution in [0.15, 0.2) is 84.8 Å². The van der Waals surface area contributed by atoms with Crippen molar-refractivity contribution in [1.29, 1.82) is 0 Å². The van der Waals surface area contributed by atoms with E-state index in [1.165, 1.54) is 14.7 Å². The van der Waals surface area contributed by atoms with Crippen LogP contribution < -0.4 is 22.1 Å². The van der Waals surface area contributed by atoms with Crippen LogP contribution in [0.3, 0.4) is 0 Å². The molecule has 2 aromatic carbocycles. The average Bonchev–Trinajstić information content (AvgIpc) is 3.82. The number of carbonyl (C=O) groups excluding carboxylic acids is 6. The second-order valence-corrected chi connectivity index (χ2v) is 14.1. The predicted octanol–water partition coefficient (Wildman–Crippen LogP) is 1.40. The molecule has 5 rings (SSSR count). The van der Waals surface area contributed by atoms with E-state index in [0.29, 0.717) is 32.1 Å². The van der Waals surface area contributed by atoms with Crippen molar-refractivity contribution < 1.29 is 28.8 Å². The standard InChI is InChI=1S/C41H52N10O6/c1-48-17-7-8-29(25-48)26-51(40(56)34(42)11-6-16-44-41(43)57)28-39(55)50(19-15-31-23-46-36-13-5-3-10-33(31)36)27-37(53)47-24-38(54)49(20-21-52)18-14-30-22-45-35-12-4-2-9-32(30)35/h2-5,7-10,12-13,21-23,25,34,45-46H,6,11,14-20,24,26-28,42H2,1H3,(H,47,53)(H3,43,44,57). The maximum atomic E-state index is 14.2. The van der Waals surface area contributed by atoms with Crippen molar-refractivity contribution in [2.75, 3.05) is 66.0 Å². The quantitative estimate of drug-likeness (QED) is 0.0535. The van der Waals surface area contributed by atoms with E-state index in [9.17, 15) is 28.8 Å². The van der Waals surface area contributed by atoms with E-state index in [-0.39, 0.29) is 58.8 Å². The molecule has 0 saturated heterocycles. The fourth-order valence-corrected chi connectivity index (χ4v) is 6.83. The third-order valence-corrected chi connectivity index (χ3v) is 9.85. The molecular weight excluding hydrogens is 729 g/mol. The Labute approximate surface area is 331 Å². The van der Waals surface area contributed by atoms with Gasteiger partial charge in [0.2, 0.25) is 23.6 Å². The molecule has 6 amide bonds. The zero-order valence-corrected chi connectivity index (χ0v) is 32.2. The molecule has 1 unspecified atom stereocenters. The molecule has 3 heterocycles. The number of hydrogen-bond donors (Lipinski definition) is 6. The normalized spacial score (nSPS) is 12.9. The lowest BCUT2D eigenvalue weighted by Gasteiger charge is -2.30. The van der Waals surface area contributed by atoms with Crippen LogP contribution in [0.4, 0.5) is 4.79 Å². The summed E-state index contributed by atoms with van der Waals surface area (Å²) in [5, 5.41) is 7.13. The Morgan fingerprint density at radius 2 is 1.49 bits per heavy atom. The first-order chi connectivity index (χ1) is 27.5. The van der Waals surface area contributed by atoms with E-state index < -0.39 is 35.7 Å². The second kappa shape index (κ2) is 20.5. The number of para-hydroxylation sites is 2. The number of benzene rings is 2. The molecule has 1 atom stereocenters. The molecule has 1 aliphatic heterocycles. The Morgan fingerprint density at radius 1 is 0.860 bits per heavy atom. The lowest BCUT2D eigenvalue weighted by atomic mass is 10.1. The Balaban J connectivity index is 1.27. The summed E-state index contributed by atoms with van der Waals surface area (Å²) in [7, 11) is 1.90. The Morgan fingerprint density at radius 3 is 2.11 bits per heavy atom. The number of urea groups is 1. The summed E-state index contributed by atoms with van der Waals surface area (Å²) in [6.45, 7) is 0.188. The first-order valence-electron chi connectivity index (χ1n) is 19.0. The van der Waals surface area contributed by atoms with Crippen LogP contribution in [0, 0.1) is 0 Å². The minimum absolute atomic E-state index is 0.0980. The fourth-order valence-electron chi connectivity index (χ4n) is 6.83. The monoisotopic (exact) mass is 780 g/mol. The highest BCUT2D eigenvalue weighted by Gasteiger charge is 2.28. The van der Waals surface area contributed by atoms with Crippen molar-refractivity contribution in [3.05, 3.63) is 96.0 Å². The van der Waals surface area contributed by atoms with Gasteiger partial charge in [-0.05, 0) is 54.5 Å². The lowest BCUT2D eigenvalue weighted by Crippen LogP contribution is -2.51. The Hall–Kier alpha value is -6.42. The summed E-state index contributed by atoms with van der Waals surface area (Å²) < 4.78 is 0. The lowest BCUT2D eigenvalue weighted by molar-refractivity contribution is -0.142. The van der Waals surface area contributed by atoms with Crippen LogP contribution in [0.2, 0.25) is 0 Å². The molecule has 1 aliphatic rings. The molecule has 0 radical (unpaired) electrons. The maximum Gasteiger partial charge on any atom is 0.312 e. The van der Waals surface area contributed by atoms with E-state index in [1.807, 2.05) is 91.2 Å². The number of aromatic nitrogens is 2. The number of amides is 6. The van der Waals surface area contributed by atoms with Crippen LogP contribution in [-0.2, 0) is 36.8 Å². The zero-order valence-electron chi connectivity index (χ0n) is 32.2. The van der Waals surface area contributed by atoms with Gasteiger partial charge in [0.1, 0.15) is 12.8 Å². The van der Waals surface area contributed by atoms with Gasteiger partial charge in [0.25, 0.3) is 0 Å². The van der Waals surface area contributed by atoms with Gasteiger partial charge in [-0.1, -0.05) is 48.6 Å². The Kier molecular flexibility index (Phi) is 15.0. The van der Waals surface area contributed by atoms with E-state index in [2.05, 4.69) is 20.6 Å². The first kappa shape index (κ1) is 41.7. The molecule has 16 nitrogen and oxygen atoms in total. The predicted molar refractivity (Wildman–Crippen MR) is 217 cm³/mol. The highest BCUT2D eigenvalue weighted by Crippen LogP contribution is 2.20. The topological polar surface area (TPSA) is 223 Å². The summed E-state index contributed by atoms with van der Waals surface area (Å²) in [5.74, 6) is -1.96. The smallest absolute Gasteiger partial charge is 0.312 e. The van der Waals surface area contributed by atoms with Crippen LogP contribution >= 0.6 is 0 Å². The van der Waals surface area contributed by atoms with Crippen LogP contribution in [0.5, 0.6) is 0 Å². The average molecular weight is 781 g/mol. The van der Waals surface area contributed by atoms with Crippen molar-refractivity contribution in [3.63, 3.8) is 0 Å². The Bertz CT molecular complexity index is 2100. The van der Waals surface area contributed by atoms with Gasteiger partial charge in [-0.3, -0.25) is 19.2 Å². The molecule has 0 saturated carbocycles. The molecule has 57 heavy (non-hydrogen) atoms. The maximum absolute atomic E-state index is 14.2. The summed E-state index contributed by atoms with van der Waals surface area (Å²) in [6, 6.07) is 13.9. The molecule has 302 valence electrons. The van der Waals surface area contributed by atoms with E-state index in [4.69, 9.17) is 11.5 Å². The number of likely N-dealkylation sites (N-methyl/N-ethyl adjacent to an activating group) is 1. The van der Waals surface area contributed by atoms with Crippen molar-refractivity contribution in [2.45, 2.75) is 31.7 Å². The number of hydrogen-bond acceptors (Lipinski definition) is 8. The number of nitrogens with zero attached hydrogens (tertiary/aromatic N) is 4. The van der Waals surface area contributed by atoms with Crippen LogP contribution in [0.1, 0.15) is 24.0 Å². The van der Waals surface area contributed by atoms with Crippen molar-refractivity contribution in [2.24, 2.45) is 11.5 Å². The minimum atomic E-state index is -0.961. The molecule has 4 aromatic rings. The third-order valence-electron chi connectivity index (χ3n) is 9.85. The number of nitrogens with two attached hydrogens (primary N) is 2. The highest BCUT2D eigenvalue weighted by molar-refractivity contribution is 5.92. The molecule has 8 N–H and O–H groups in total. The summed E-state index contributed by atoms with van der Waals surface area (Å²) in [6.07, 6.45) is 11.7. The molecule has 0 fully saturated rings. The van der Waals surface area contributed by atoms with E-state index >= 15 is 0 Å². The van der Waals surface area contributed by atoms with Crippen LogP contribution in [0.25, 0.3) is 21.8 Å². The number of H-pyrrole nitrogens is 2. The summed E-state index contributed by atoms with van der Waals surface area (Å²) in [5.41, 5.74) is 16.1. The van der Waals surface area contributed by atoms with Crippen LogP contribution in [-0.4, -0.2) is 138 Å². The molecular formula is C41H52N10O6. The summed E-state index contributed by atoms with van der Waals surface area (Å²) in [4.78, 5) is 89.9. The largest absolute Gasteiger partial charge is 0.376 e.